The van der Waals surface area contributed by atoms with Gasteiger partial charge in [-0.3, -0.25) is 46.9 Å². The maximum Gasteiger partial charge on any atom is 5.00 e. The Hall–Kier alpha value is -0.0112. The summed E-state index contributed by atoms with van der Waals surface area (Å²) in [4.78, 5) is 8.36. The van der Waals surface area contributed by atoms with Crippen LogP contribution in [-0.2, 0) is 93.9 Å². The Morgan fingerprint density at radius 3 is 0.400 bits per heavy atom. The summed E-state index contributed by atoms with van der Waals surface area (Å²) in [6.07, 6.45) is 0. The first-order chi connectivity index (χ1) is 11.4. The third-order valence-corrected chi connectivity index (χ3v) is 0. The molecule has 22 nitrogen and oxygen atoms in total. The van der Waals surface area contributed by atoms with Crippen LogP contribution in [0.25, 0.3) is 0 Å². The SMILES string of the molecule is O=CO.O=S(=O)([O-])[O-].O=S(=O)([O-])[O-].O=S(=O)([O-])[O-].O=S(=O)([O-])[O-].O=S(=O)([O-])[O-].[V+5].[V+5]. The molecule has 0 aromatic rings. The summed E-state index contributed by atoms with van der Waals surface area (Å²) >= 11 is 0. The Bertz CT molecular complexity index is 670. The quantitative estimate of drug-likeness (QED) is 0.148. The minimum Gasteiger partial charge on any atom is -0.759 e. The zero-order chi connectivity index (χ0) is 25.2. The van der Waals surface area contributed by atoms with Gasteiger partial charge in [-0.15, -0.1) is 0 Å². The molecule has 1 N–H and O–H groups in total. The van der Waals surface area contributed by atoms with E-state index >= 15 is 0 Å². The first kappa shape index (κ1) is 52.1. The van der Waals surface area contributed by atoms with Crippen LogP contribution in [0.1, 0.15) is 0 Å². The van der Waals surface area contributed by atoms with E-state index in [2.05, 4.69) is 0 Å². The van der Waals surface area contributed by atoms with Crippen molar-refractivity contribution in [3.05, 3.63) is 0 Å². The molecular formula is CH2O22S5V2. The average molecular weight is 628 g/mol. The van der Waals surface area contributed by atoms with Gasteiger partial charge in [-0.1, -0.05) is 0 Å². The molecule has 178 valence electrons. The molecule has 0 spiro atoms. The van der Waals surface area contributed by atoms with Gasteiger partial charge in [0.1, 0.15) is 0 Å². The molecule has 29 heteroatoms. The fraction of sp³-hybridized carbons (Fsp3) is 0. The molecule has 0 heterocycles. The molecular weight excluding hydrogens is 626 g/mol. The van der Waals surface area contributed by atoms with Gasteiger partial charge < -0.3 is 50.6 Å². The molecule has 0 saturated heterocycles. The summed E-state index contributed by atoms with van der Waals surface area (Å²) in [6.45, 7) is -0.250. The van der Waals surface area contributed by atoms with Gasteiger partial charge in [0.25, 0.3) is 6.47 Å². The van der Waals surface area contributed by atoms with Crippen molar-refractivity contribution >= 4 is 58.5 Å². The minimum atomic E-state index is -5.17. The molecule has 30 heavy (non-hydrogen) atoms. The fourth-order valence-electron chi connectivity index (χ4n) is 0. The molecule has 0 atom stereocenters. The summed E-state index contributed by atoms with van der Waals surface area (Å²) in [6, 6.07) is 0. The summed E-state index contributed by atoms with van der Waals surface area (Å²) in [5.41, 5.74) is 0. The number of rotatable bonds is 0. The van der Waals surface area contributed by atoms with E-state index < -0.39 is 52.0 Å². The van der Waals surface area contributed by atoms with Crippen LogP contribution in [0.15, 0.2) is 0 Å². The number of hydrogen-bond donors (Lipinski definition) is 1. The van der Waals surface area contributed by atoms with Crippen LogP contribution < -0.4 is 0 Å². The van der Waals surface area contributed by atoms with Crippen LogP contribution in [0.5, 0.6) is 0 Å². The van der Waals surface area contributed by atoms with E-state index in [0.29, 0.717) is 0 Å². The van der Waals surface area contributed by atoms with Crippen molar-refractivity contribution in [1.29, 1.82) is 0 Å². The smallest absolute Gasteiger partial charge is 0.759 e. The molecule has 0 saturated carbocycles. The number of carbonyl (C=O) groups is 1. The molecule has 0 aliphatic heterocycles. The van der Waals surface area contributed by atoms with Gasteiger partial charge in [-0.2, -0.15) is 0 Å². The van der Waals surface area contributed by atoms with E-state index in [-0.39, 0.29) is 43.6 Å². The van der Waals surface area contributed by atoms with Crippen LogP contribution in [0, 0.1) is 0 Å². The maximum absolute atomic E-state index is 8.52. The molecule has 0 aromatic heterocycles. The van der Waals surface area contributed by atoms with Crippen molar-refractivity contribution < 1.29 is 135 Å². The van der Waals surface area contributed by atoms with Gasteiger partial charge in [-0.05, 0) is 0 Å². The van der Waals surface area contributed by atoms with E-state index in [1.54, 1.807) is 0 Å². The van der Waals surface area contributed by atoms with Gasteiger partial charge in [0, 0.05) is 52.0 Å². The normalized spacial score (nSPS) is 10.1. The Balaban J connectivity index is -0.0000000320. The monoisotopic (exact) mass is 628 g/mol. The summed E-state index contributed by atoms with van der Waals surface area (Å²) in [7, 11) is -25.8. The number of carboxylic acid groups (broad SMARTS) is 1. The molecule has 0 radical (unpaired) electrons. The first-order valence-corrected chi connectivity index (χ1v) is 10.5. The Morgan fingerprint density at radius 2 is 0.400 bits per heavy atom. The van der Waals surface area contributed by atoms with Crippen LogP contribution in [0.3, 0.4) is 0 Å². The molecule has 0 aliphatic rings. The Kier molecular flexibility index (Phi) is 41.1. The van der Waals surface area contributed by atoms with Crippen LogP contribution in [-0.4, -0.2) is 99.2 Å². The van der Waals surface area contributed by atoms with E-state index in [9.17, 15) is 0 Å². The third-order valence-electron chi connectivity index (χ3n) is 0. The van der Waals surface area contributed by atoms with E-state index in [1.165, 1.54) is 0 Å². The van der Waals surface area contributed by atoms with Crippen molar-refractivity contribution in [2.24, 2.45) is 0 Å². The van der Waals surface area contributed by atoms with Crippen molar-refractivity contribution in [3.63, 3.8) is 0 Å². The van der Waals surface area contributed by atoms with E-state index in [1.807, 2.05) is 0 Å². The van der Waals surface area contributed by atoms with Gasteiger partial charge in [-0.25, -0.2) is 0 Å². The Morgan fingerprint density at radius 1 is 0.400 bits per heavy atom. The van der Waals surface area contributed by atoms with E-state index in [0.717, 1.165) is 0 Å². The van der Waals surface area contributed by atoms with Crippen LogP contribution >= 0.6 is 0 Å². The Labute approximate surface area is 192 Å². The first-order valence-electron chi connectivity index (χ1n) is 3.83. The van der Waals surface area contributed by atoms with E-state index in [4.69, 9.17) is 97.5 Å². The van der Waals surface area contributed by atoms with Gasteiger partial charge in [0.15, 0.2) is 0 Å². The summed E-state index contributed by atoms with van der Waals surface area (Å²) in [5.74, 6) is 0. The predicted molar refractivity (Wildman–Crippen MR) is 61.1 cm³/mol. The predicted octanol–water partition coefficient (Wildman–Crippen LogP) is -6.99. The molecule has 0 aromatic carbocycles. The van der Waals surface area contributed by atoms with Gasteiger partial charge in [0.2, 0.25) is 0 Å². The zero-order valence-electron chi connectivity index (χ0n) is 12.5. The summed E-state index contributed by atoms with van der Waals surface area (Å²) in [5, 5.41) is 6.89. The molecule has 0 fully saturated rings. The molecule has 0 aliphatic carbocycles. The zero-order valence-corrected chi connectivity index (χ0v) is 19.4. The molecule has 0 bridgehead atoms. The van der Waals surface area contributed by atoms with Crippen LogP contribution in [0.4, 0.5) is 0 Å². The van der Waals surface area contributed by atoms with Crippen molar-refractivity contribution in [1.82, 2.24) is 0 Å². The second-order valence-corrected chi connectivity index (χ2v) is 6.23. The summed E-state index contributed by atoms with van der Waals surface area (Å²) < 4.78 is 170. The fourth-order valence-corrected chi connectivity index (χ4v) is 0. The third kappa shape index (κ3) is 163000000. The van der Waals surface area contributed by atoms with Crippen molar-refractivity contribution in [2.45, 2.75) is 0 Å². The largest absolute Gasteiger partial charge is 5.00 e. The molecule has 0 unspecified atom stereocenters. The van der Waals surface area contributed by atoms with Crippen LogP contribution in [0.2, 0.25) is 0 Å². The average Bonchev–Trinajstić information content (AvgIpc) is 2.00. The second-order valence-electron chi connectivity index (χ2n) is 2.15. The standard InChI is InChI=1S/CH2O2.5H2O4S.2V/c2-1-3;5*1-5(2,3)4;;/h1H,(H,2,3);5*(H2,1,2,3,4);;/q;;;;;;2*+5/p-10. The van der Waals surface area contributed by atoms with Crippen molar-refractivity contribution in [3.8, 4) is 0 Å². The maximum atomic E-state index is 8.52. The second kappa shape index (κ2) is 23.6. The molecule has 0 rings (SSSR count). The number of hydrogen-bond acceptors (Lipinski definition) is 21. The molecule has 0 amide bonds. The topological polar surface area (TPSA) is 439 Å². The van der Waals surface area contributed by atoms with Crippen molar-refractivity contribution in [2.75, 3.05) is 0 Å². The van der Waals surface area contributed by atoms with Gasteiger partial charge in [0.05, 0.1) is 0 Å². The van der Waals surface area contributed by atoms with Gasteiger partial charge >= 0.3 is 37.1 Å². The minimum absolute atomic E-state index is 0.